The van der Waals surface area contributed by atoms with Gasteiger partial charge in [-0.25, -0.2) is 27.5 Å². The number of nitrogens with one attached hydrogen (secondary N) is 4. The number of pyridine rings is 2. The highest BCUT2D eigenvalue weighted by molar-refractivity contribution is 7.88. The van der Waals surface area contributed by atoms with Crippen molar-refractivity contribution >= 4 is 37.8 Å². The Morgan fingerprint density at radius 3 is 2.66 bits per heavy atom. The van der Waals surface area contributed by atoms with Crippen LogP contribution in [0.15, 0.2) is 67.1 Å². The average molecular weight is 571 g/mol. The third-order valence-corrected chi connectivity index (χ3v) is 7.17. The lowest BCUT2D eigenvalue weighted by Gasteiger charge is -2.11. The summed E-state index contributed by atoms with van der Waals surface area (Å²) in [5.74, 6) is 0.0218. The number of benzene rings is 2. The summed E-state index contributed by atoms with van der Waals surface area (Å²) in [7, 11) is -3.43. The van der Waals surface area contributed by atoms with Gasteiger partial charge in [-0.1, -0.05) is 6.07 Å². The Bertz CT molecular complexity index is 2020. The number of anilines is 1. The fourth-order valence-corrected chi connectivity index (χ4v) is 5.19. The van der Waals surface area contributed by atoms with E-state index in [1.54, 1.807) is 24.5 Å². The van der Waals surface area contributed by atoms with E-state index in [4.69, 9.17) is 4.98 Å². The monoisotopic (exact) mass is 570 g/mol. The smallest absolute Gasteiger partial charge is 0.209 e. The predicted octanol–water partition coefficient (Wildman–Crippen LogP) is 5.24. The SMILES string of the molecule is CC(C)Nc1cncc(-c2ccc3[nH]nc(-c4nc5c(-c6cc(F)cc(CNS(C)(=O)=O)c6)ccnc5[nH]4)c3c2)c1. The van der Waals surface area contributed by atoms with Crippen LogP contribution < -0.4 is 10.0 Å². The predicted molar refractivity (Wildman–Crippen MR) is 158 cm³/mol. The number of fused-ring (bicyclic) bond motifs is 2. The molecule has 208 valence electrons. The molecule has 2 aromatic carbocycles. The summed E-state index contributed by atoms with van der Waals surface area (Å²) in [6.45, 7) is 4.12. The van der Waals surface area contributed by atoms with Crippen LogP contribution in [-0.4, -0.2) is 50.8 Å². The molecular weight excluding hydrogens is 543 g/mol. The molecule has 0 saturated carbocycles. The molecule has 10 nitrogen and oxygen atoms in total. The van der Waals surface area contributed by atoms with E-state index in [-0.39, 0.29) is 12.6 Å². The Hall–Kier alpha value is -4.68. The Labute approximate surface area is 235 Å². The van der Waals surface area contributed by atoms with Crippen LogP contribution in [0, 0.1) is 5.82 Å². The van der Waals surface area contributed by atoms with E-state index in [0.29, 0.717) is 39.4 Å². The molecule has 6 aromatic rings. The molecule has 0 aliphatic heterocycles. The summed E-state index contributed by atoms with van der Waals surface area (Å²) in [6.07, 6.45) is 6.30. The zero-order chi connectivity index (χ0) is 28.7. The molecule has 4 heterocycles. The van der Waals surface area contributed by atoms with Gasteiger partial charge in [-0.3, -0.25) is 10.1 Å². The Morgan fingerprint density at radius 1 is 1.00 bits per heavy atom. The minimum atomic E-state index is -3.43. The molecule has 6 rings (SSSR count). The van der Waals surface area contributed by atoms with Crippen molar-refractivity contribution in [3.63, 3.8) is 0 Å². The zero-order valence-corrected chi connectivity index (χ0v) is 23.3. The molecule has 0 saturated heterocycles. The molecule has 0 fully saturated rings. The highest BCUT2D eigenvalue weighted by Crippen LogP contribution is 2.33. The minimum Gasteiger partial charge on any atom is -0.382 e. The second-order valence-electron chi connectivity index (χ2n) is 10.2. The Balaban J connectivity index is 1.40. The number of hydrogen-bond donors (Lipinski definition) is 4. The summed E-state index contributed by atoms with van der Waals surface area (Å²) in [5.41, 5.74) is 7.09. The maximum absolute atomic E-state index is 14.6. The van der Waals surface area contributed by atoms with Crippen molar-refractivity contribution in [2.75, 3.05) is 11.6 Å². The van der Waals surface area contributed by atoms with E-state index >= 15 is 0 Å². The van der Waals surface area contributed by atoms with Gasteiger partial charge in [-0.15, -0.1) is 0 Å². The summed E-state index contributed by atoms with van der Waals surface area (Å²) in [5, 5.41) is 11.8. The molecule has 0 aliphatic rings. The van der Waals surface area contributed by atoms with Crippen LogP contribution in [0.25, 0.3) is 55.8 Å². The normalized spacial score (nSPS) is 12.0. The molecular formula is C29H27FN8O2S. The van der Waals surface area contributed by atoms with Crippen molar-refractivity contribution < 1.29 is 12.8 Å². The minimum absolute atomic E-state index is 0.0306. The van der Waals surface area contributed by atoms with Crippen molar-refractivity contribution in [3.05, 3.63) is 78.5 Å². The van der Waals surface area contributed by atoms with Gasteiger partial charge in [0.05, 0.1) is 17.5 Å². The van der Waals surface area contributed by atoms with Gasteiger partial charge in [-0.05, 0) is 73.0 Å². The van der Waals surface area contributed by atoms with Crippen molar-refractivity contribution in [3.8, 4) is 33.8 Å². The molecule has 0 unspecified atom stereocenters. The summed E-state index contributed by atoms with van der Waals surface area (Å²) >= 11 is 0. The first kappa shape index (κ1) is 26.5. The third-order valence-electron chi connectivity index (χ3n) is 6.51. The van der Waals surface area contributed by atoms with Crippen LogP contribution in [-0.2, 0) is 16.6 Å². The molecule has 4 aromatic heterocycles. The van der Waals surface area contributed by atoms with E-state index in [2.05, 4.69) is 55.1 Å². The Kier molecular flexibility index (Phi) is 6.72. The van der Waals surface area contributed by atoms with Crippen LogP contribution in [0.3, 0.4) is 0 Å². The van der Waals surface area contributed by atoms with E-state index in [9.17, 15) is 12.8 Å². The third kappa shape index (κ3) is 5.65. The number of sulfonamides is 1. The van der Waals surface area contributed by atoms with Gasteiger partial charge in [-0.2, -0.15) is 5.10 Å². The first-order chi connectivity index (χ1) is 19.6. The number of rotatable bonds is 8. The van der Waals surface area contributed by atoms with E-state index in [0.717, 1.165) is 34.0 Å². The fourth-order valence-electron chi connectivity index (χ4n) is 4.76. The van der Waals surface area contributed by atoms with Gasteiger partial charge < -0.3 is 10.3 Å². The van der Waals surface area contributed by atoms with Crippen LogP contribution in [0.4, 0.5) is 10.1 Å². The molecule has 4 N–H and O–H groups in total. The van der Waals surface area contributed by atoms with E-state index < -0.39 is 15.8 Å². The largest absolute Gasteiger partial charge is 0.382 e. The molecule has 0 amide bonds. The lowest BCUT2D eigenvalue weighted by atomic mass is 10.0. The summed E-state index contributed by atoms with van der Waals surface area (Å²) < 4.78 is 40.0. The van der Waals surface area contributed by atoms with Gasteiger partial charge >= 0.3 is 0 Å². The number of aromatic nitrogens is 6. The topological polar surface area (TPSA) is 141 Å². The number of H-pyrrole nitrogens is 2. The average Bonchev–Trinajstić information content (AvgIpc) is 3.54. The maximum Gasteiger partial charge on any atom is 0.209 e. The summed E-state index contributed by atoms with van der Waals surface area (Å²) in [4.78, 5) is 16.9. The highest BCUT2D eigenvalue weighted by Gasteiger charge is 2.17. The lowest BCUT2D eigenvalue weighted by molar-refractivity contribution is 0.586. The van der Waals surface area contributed by atoms with Gasteiger partial charge in [0.2, 0.25) is 10.0 Å². The van der Waals surface area contributed by atoms with Gasteiger partial charge in [0.1, 0.15) is 17.0 Å². The highest BCUT2D eigenvalue weighted by atomic mass is 32.2. The second kappa shape index (κ2) is 10.4. The number of hydrogen-bond acceptors (Lipinski definition) is 7. The number of imidazole rings is 1. The van der Waals surface area contributed by atoms with E-state index in [1.807, 2.05) is 24.4 Å². The van der Waals surface area contributed by atoms with Crippen LogP contribution in [0.5, 0.6) is 0 Å². The molecule has 12 heteroatoms. The van der Waals surface area contributed by atoms with Crippen LogP contribution >= 0.6 is 0 Å². The molecule has 0 spiro atoms. The van der Waals surface area contributed by atoms with Crippen molar-refractivity contribution in [2.24, 2.45) is 0 Å². The van der Waals surface area contributed by atoms with Crippen LogP contribution in [0.1, 0.15) is 19.4 Å². The number of nitrogens with zero attached hydrogens (tertiary/aromatic N) is 4. The van der Waals surface area contributed by atoms with Gasteiger partial charge in [0.15, 0.2) is 11.5 Å². The van der Waals surface area contributed by atoms with E-state index in [1.165, 1.54) is 12.1 Å². The number of halogens is 1. The molecule has 0 aliphatic carbocycles. The van der Waals surface area contributed by atoms with Gasteiger partial charge in [0.25, 0.3) is 0 Å². The Morgan fingerprint density at radius 2 is 1.85 bits per heavy atom. The lowest BCUT2D eigenvalue weighted by Crippen LogP contribution is -2.21. The fraction of sp³-hybridized carbons (Fsp3) is 0.172. The second-order valence-corrected chi connectivity index (χ2v) is 12.0. The first-order valence-corrected chi connectivity index (χ1v) is 14.8. The zero-order valence-electron chi connectivity index (χ0n) is 22.5. The number of aromatic amines is 2. The van der Waals surface area contributed by atoms with Gasteiger partial charge in [0, 0.05) is 47.7 Å². The van der Waals surface area contributed by atoms with Crippen LogP contribution in [0.2, 0.25) is 0 Å². The van der Waals surface area contributed by atoms with Crippen molar-refractivity contribution in [1.29, 1.82) is 0 Å². The molecule has 0 atom stereocenters. The summed E-state index contributed by atoms with van der Waals surface area (Å²) in [6, 6.07) is 14.5. The quantitative estimate of drug-likeness (QED) is 0.196. The standard InChI is InChI=1S/C29H27FN8O2S/c1-16(2)34-22-11-20(14-31-15-22)18-4-5-25-24(12-18)27(38-37-25)29-35-26-23(6-7-32-28(26)36-29)19-8-17(9-21(30)10-19)13-33-41(3,39)40/h4-12,14-16,33-34H,13H2,1-3H3,(H,37,38)(H,32,35,36). The molecule has 41 heavy (non-hydrogen) atoms. The first-order valence-electron chi connectivity index (χ1n) is 12.9. The maximum atomic E-state index is 14.6. The molecule has 0 radical (unpaired) electrons. The van der Waals surface area contributed by atoms with Crippen molar-refractivity contribution in [1.82, 2.24) is 34.9 Å². The molecule has 0 bridgehead atoms. The van der Waals surface area contributed by atoms with Crippen molar-refractivity contribution in [2.45, 2.75) is 26.4 Å².